The van der Waals surface area contributed by atoms with E-state index in [-0.39, 0.29) is 22.4 Å². The molecule has 0 aliphatic heterocycles. The number of rotatable bonds is 7. The molecular weight excluding hydrogens is 382 g/mol. The zero-order valence-corrected chi connectivity index (χ0v) is 16.6. The normalized spacial score (nSPS) is 11.4. The second-order valence-electron chi connectivity index (χ2n) is 5.34. The molecule has 1 N–H and O–H groups in total. The third-order valence-electron chi connectivity index (χ3n) is 3.72. The van der Waals surface area contributed by atoms with Crippen molar-refractivity contribution in [2.75, 3.05) is 17.8 Å². The minimum Gasteiger partial charge on any atom is -0.343 e. The average Bonchev–Trinajstić information content (AvgIpc) is 2.97. The van der Waals surface area contributed by atoms with Gasteiger partial charge in [-0.3, -0.25) is 9.52 Å². The van der Waals surface area contributed by atoms with Gasteiger partial charge in [-0.15, -0.1) is 11.3 Å². The summed E-state index contributed by atoms with van der Waals surface area (Å²) < 4.78 is 27.5. The monoisotopic (exact) mass is 401 g/mol. The fourth-order valence-electron chi connectivity index (χ4n) is 2.32. The molecule has 1 heterocycles. The Bertz CT molecular complexity index is 861. The van der Waals surface area contributed by atoms with Gasteiger partial charge in [-0.05, 0) is 38.5 Å². The van der Waals surface area contributed by atoms with Gasteiger partial charge in [0.15, 0.2) is 5.13 Å². The average molecular weight is 402 g/mol. The first kappa shape index (κ1) is 19.7. The number of sulfonamides is 1. The molecule has 0 saturated heterocycles. The number of nitrogens with zero attached hydrogens (tertiary/aromatic N) is 2. The quantitative estimate of drug-likeness (QED) is 0.771. The summed E-state index contributed by atoms with van der Waals surface area (Å²) in [5, 5.41) is 0.606. The number of halogens is 1. The summed E-state index contributed by atoms with van der Waals surface area (Å²) in [6.45, 7) is 6.76. The van der Waals surface area contributed by atoms with Crippen molar-refractivity contribution in [2.45, 2.75) is 32.1 Å². The van der Waals surface area contributed by atoms with Crippen molar-refractivity contribution in [3.63, 3.8) is 0 Å². The lowest BCUT2D eigenvalue weighted by Crippen LogP contribution is -2.31. The SMILES string of the molecule is CCN(CC)C(=O)Cc1cnc(NS(=O)(=O)c2cccc(Cl)c2C)s1. The van der Waals surface area contributed by atoms with Crippen LogP contribution in [0.15, 0.2) is 29.3 Å². The van der Waals surface area contributed by atoms with Crippen LogP contribution in [0.5, 0.6) is 0 Å². The maximum atomic E-state index is 12.5. The molecule has 2 rings (SSSR count). The van der Waals surface area contributed by atoms with Gasteiger partial charge in [0.05, 0.1) is 11.3 Å². The van der Waals surface area contributed by atoms with Gasteiger partial charge in [0, 0.05) is 29.2 Å². The predicted octanol–water partition coefficient (Wildman–Crippen LogP) is 3.32. The van der Waals surface area contributed by atoms with Gasteiger partial charge in [-0.25, -0.2) is 13.4 Å². The summed E-state index contributed by atoms with van der Waals surface area (Å²) in [5.74, 6) is -0.00579. The van der Waals surface area contributed by atoms with Crippen molar-refractivity contribution in [1.82, 2.24) is 9.88 Å². The lowest BCUT2D eigenvalue weighted by atomic mass is 10.2. The highest BCUT2D eigenvalue weighted by molar-refractivity contribution is 7.93. The van der Waals surface area contributed by atoms with Gasteiger partial charge in [0.1, 0.15) is 0 Å². The fraction of sp³-hybridized carbons (Fsp3) is 0.375. The standard InChI is InChI=1S/C16H20ClN3O3S2/c1-4-20(5-2)15(21)9-12-10-18-16(24-12)19-25(22,23)14-8-6-7-13(17)11(14)3/h6-8,10H,4-5,9H2,1-3H3,(H,18,19). The number of carbonyl (C=O) groups excluding carboxylic acids is 1. The van der Waals surface area contributed by atoms with Crippen LogP contribution >= 0.6 is 22.9 Å². The number of anilines is 1. The first-order valence-electron chi connectivity index (χ1n) is 7.78. The second-order valence-corrected chi connectivity index (χ2v) is 8.52. The fourth-order valence-corrected chi connectivity index (χ4v) is 4.87. The number of benzene rings is 1. The number of nitrogens with one attached hydrogen (secondary N) is 1. The van der Waals surface area contributed by atoms with Crippen molar-refractivity contribution in [1.29, 1.82) is 0 Å². The van der Waals surface area contributed by atoms with Crippen LogP contribution in [0.1, 0.15) is 24.3 Å². The maximum Gasteiger partial charge on any atom is 0.263 e. The third-order valence-corrected chi connectivity index (χ3v) is 6.66. The second kappa shape index (κ2) is 8.16. The van der Waals surface area contributed by atoms with Crippen molar-refractivity contribution in [3.05, 3.63) is 39.9 Å². The number of likely N-dealkylation sites (N-methyl/N-ethyl adjacent to an activating group) is 1. The summed E-state index contributed by atoms with van der Waals surface area (Å²) >= 11 is 7.14. The van der Waals surface area contributed by atoms with Crippen LogP contribution in [0, 0.1) is 6.92 Å². The highest BCUT2D eigenvalue weighted by Crippen LogP contribution is 2.26. The minimum absolute atomic E-state index is 0.00579. The summed E-state index contributed by atoms with van der Waals surface area (Å²) in [4.78, 5) is 18.7. The number of amides is 1. The van der Waals surface area contributed by atoms with E-state index >= 15 is 0 Å². The summed E-state index contributed by atoms with van der Waals surface area (Å²) in [6.07, 6.45) is 1.73. The molecule has 0 aliphatic rings. The molecule has 25 heavy (non-hydrogen) atoms. The van der Waals surface area contributed by atoms with Crippen LogP contribution < -0.4 is 4.72 Å². The lowest BCUT2D eigenvalue weighted by Gasteiger charge is -2.17. The summed E-state index contributed by atoms with van der Waals surface area (Å²) in [6, 6.07) is 4.71. The van der Waals surface area contributed by atoms with Crippen molar-refractivity contribution in [2.24, 2.45) is 0 Å². The molecule has 0 saturated carbocycles. The molecule has 0 aliphatic carbocycles. The topological polar surface area (TPSA) is 79.4 Å². The van der Waals surface area contributed by atoms with Crippen molar-refractivity contribution >= 4 is 44.0 Å². The van der Waals surface area contributed by atoms with E-state index in [0.717, 1.165) is 11.3 Å². The van der Waals surface area contributed by atoms with Gasteiger partial charge in [0.2, 0.25) is 5.91 Å². The molecule has 136 valence electrons. The zero-order valence-electron chi connectivity index (χ0n) is 14.2. The van der Waals surface area contributed by atoms with E-state index in [2.05, 4.69) is 9.71 Å². The number of hydrogen-bond donors (Lipinski definition) is 1. The predicted molar refractivity (Wildman–Crippen MR) is 101 cm³/mol. The van der Waals surface area contributed by atoms with Gasteiger partial charge >= 0.3 is 0 Å². The molecule has 0 bridgehead atoms. The minimum atomic E-state index is -3.79. The lowest BCUT2D eigenvalue weighted by molar-refractivity contribution is -0.130. The number of hydrogen-bond acceptors (Lipinski definition) is 5. The molecule has 0 spiro atoms. The van der Waals surface area contributed by atoms with Crippen LogP contribution in [0.25, 0.3) is 0 Å². The Balaban J connectivity index is 2.15. The molecule has 6 nitrogen and oxygen atoms in total. The van der Waals surface area contributed by atoms with Crippen LogP contribution in [-0.4, -0.2) is 37.3 Å². The Hall–Kier alpha value is -1.64. The first-order valence-corrected chi connectivity index (χ1v) is 10.5. The Labute approximate surface area is 156 Å². The van der Waals surface area contributed by atoms with E-state index in [1.165, 1.54) is 12.3 Å². The van der Waals surface area contributed by atoms with E-state index < -0.39 is 10.0 Å². The largest absolute Gasteiger partial charge is 0.343 e. The van der Waals surface area contributed by atoms with E-state index in [0.29, 0.717) is 28.6 Å². The number of thiazole rings is 1. The van der Waals surface area contributed by atoms with Gasteiger partial charge < -0.3 is 4.90 Å². The number of carbonyl (C=O) groups is 1. The van der Waals surface area contributed by atoms with Crippen LogP contribution in [0.3, 0.4) is 0 Å². The van der Waals surface area contributed by atoms with Crippen molar-refractivity contribution < 1.29 is 13.2 Å². The maximum absolute atomic E-state index is 12.5. The first-order chi connectivity index (χ1) is 11.8. The zero-order chi connectivity index (χ0) is 18.6. The molecule has 1 amide bonds. The molecule has 2 aromatic rings. The molecule has 0 unspecified atom stereocenters. The van der Waals surface area contributed by atoms with Crippen LogP contribution in [0.4, 0.5) is 5.13 Å². The molecule has 1 aromatic carbocycles. The van der Waals surface area contributed by atoms with E-state index in [1.54, 1.807) is 24.0 Å². The Morgan fingerprint density at radius 3 is 2.64 bits per heavy atom. The molecular formula is C16H20ClN3O3S2. The van der Waals surface area contributed by atoms with E-state index in [4.69, 9.17) is 11.6 Å². The highest BCUT2D eigenvalue weighted by Gasteiger charge is 2.20. The van der Waals surface area contributed by atoms with E-state index in [1.807, 2.05) is 13.8 Å². The van der Waals surface area contributed by atoms with Crippen LogP contribution in [-0.2, 0) is 21.2 Å². The Morgan fingerprint density at radius 2 is 2.00 bits per heavy atom. The highest BCUT2D eigenvalue weighted by atomic mass is 35.5. The van der Waals surface area contributed by atoms with Gasteiger partial charge in [0.25, 0.3) is 10.0 Å². The molecule has 1 aromatic heterocycles. The molecule has 0 radical (unpaired) electrons. The van der Waals surface area contributed by atoms with Gasteiger partial charge in [-0.1, -0.05) is 17.7 Å². The van der Waals surface area contributed by atoms with E-state index in [9.17, 15) is 13.2 Å². The molecule has 0 fully saturated rings. The molecule has 0 atom stereocenters. The number of aromatic nitrogens is 1. The summed E-state index contributed by atoms with van der Waals surface area (Å²) in [5.41, 5.74) is 0.477. The van der Waals surface area contributed by atoms with Crippen molar-refractivity contribution in [3.8, 4) is 0 Å². The summed E-state index contributed by atoms with van der Waals surface area (Å²) in [7, 11) is -3.79. The Morgan fingerprint density at radius 1 is 1.32 bits per heavy atom. The Kier molecular flexibility index (Phi) is 6.42. The third kappa shape index (κ3) is 4.71. The van der Waals surface area contributed by atoms with Crippen LogP contribution in [0.2, 0.25) is 5.02 Å². The smallest absolute Gasteiger partial charge is 0.263 e. The van der Waals surface area contributed by atoms with Gasteiger partial charge in [-0.2, -0.15) is 0 Å². The molecule has 9 heteroatoms.